The molecule has 0 saturated carbocycles. The summed E-state index contributed by atoms with van der Waals surface area (Å²) >= 11 is 0. The van der Waals surface area contributed by atoms with Crippen LogP contribution < -0.4 is 5.73 Å². The Bertz CT molecular complexity index is 576. The first-order chi connectivity index (χ1) is 9.76. The minimum atomic E-state index is -0.510. The van der Waals surface area contributed by atoms with Crippen molar-refractivity contribution in [2.75, 3.05) is 18.8 Å². The highest BCUT2D eigenvalue weighted by Gasteiger charge is 2.24. The molecule has 5 heteroatoms. The third kappa shape index (κ3) is 3.97. The Hall–Kier alpha value is -2.04. The molecule has 1 aromatic carbocycles. The molecule has 2 rings (SSSR count). The average Bonchev–Trinajstić information content (AvgIpc) is 2.37. The van der Waals surface area contributed by atoms with Crippen molar-refractivity contribution in [3.63, 3.8) is 0 Å². The summed E-state index contributed by atoms with van der Waals surface area (Å²) in [6, 6.07) is 4.68. The third-order valence-electron chi connectivity index (χ3n) is 3.20. The van der Waals surface area contributed by atoms with Crippen LogP contribution in [0.1, 0.15) is 32.8 Å². The Labute approximate surface area is 124 Å². The number of hydrogen-bond donors (Lipinski definition) is 1. The lowest BCUT2D eigenvalue weighted by Crippen LogP contribution is -2.39. The molecule has 21 heavy (non-hydrogen) atoms. The number of nitrogen functional groups attached to an aromatic ring is 1. The van der Waals surface area contributed by atoms with Gasteiger partial charge < -0.3 is 15.4 Å². The van der Waals surface area contributed by atoms with Crippen LogP contribution in [0.3, 0.4) is 0 Å². The summed E-state index contributed by atoms with van der Waals surface area (Å²) in [6.45, 7) is 6.44. The van der Waals surface area contributed by atoms with E-state index < -0.39 is 5.60 Å². The Balaban J connectivity index is 2.07. The smallest absolute Gasteiger partial charge is 0.410 e. The molecule has 0 aromatic heterocycles. The number of amides is 1. The van der Waals surface area contributed by atoms with E-state index in [-0.39, 0.29) is 11.9 Å². The lowest BCUT2D eigenvalue weighted by atomic mass is 9.99. The van der Waals surface area contributed by atoms with Crippen LogP contribution in [0.5, 0.6) is 0 Å². The maximum Gasteiger partial charge on any atom is 0.410 e. The van der Waals surface area contributed by atoms with E-state index in [1.165, 1.54) is 6.07 Å². The Morgan fingerprint density at radius 2 is 2.10 bits per heavy atom. The van der Waals surface area contributed by atoms with Gasteiger partial charge in [-0.1, -0.05) is 6.08 Å². The third-order valence-corrected chi connectivity index (χ3v) is 3.20. The zero-order valence-electron chi connectivity index (χ0n) is 12.6. The number of benzene rings is 1. The number of ether oxygens (including phenoxy) is 1. The first-order valence-corrected chi connectivity index (χ1v) is 6.98. The number of rotatable bonds is 1. The molecular formula is C16H21FN2O2. The van der Waals surface area contributed by atoms with Crippen LogP contribution in [-0.2, 0) is 4.74 Å². The zero-order valence-corrected chi connectivity index (χ0v) is 12.6. The van der Waals surface area contributed by atoms with Crippen molar-refractivity contribution in [1.29, 1.82) is 0 Å². The van der Waals surface area contributed by atoms with E-state index in [9.17, 15) is 9.18 Å². The number of nitrogens with two attached hydrogens (primary N) is 1. The molecule has 1 aliphatic rings. The summed E-state index contributed by atoms with van der Waals surface area (Å²) in [5.74, 6) is -0.327. The topological polar surface area (TPSA) is 55.6 Å². The van der Waals surface area contributed by atoms with Gasteiger partial charge in [-0.25, -0.2) is 9.18 Å². The van der Waals surface area contributed by atoms with Crippen molar-refractivity contribution in [3.8, 4) is 0 Å². The van der Waals surface area contributed by atoms with Gasteiger partial charge in [0, 0.05) is 24.3 Å². The number of anilines is 1. The molecule has 1 heterocycles. The van der Waals surface area contributed by atoms with Gasteiger partial charge in [0.2, 0.25) is 0 Å². The molecule has 4 nitrogen and oxygen atoms in total. The SMILES string of the molecule is CC(C)(C)OC(=O)N1CC=C(c2ccc(N)cc2F)CC1. The van der Waals surface area contributed by atoms with E-state index in [4.69, 9.17) is 10.5 Å². The summed E-state index contributed by atoms with van der Waals surface area (Å²) < 4.78 is 19.2. The lowest BCUT2D eigenvalue weighted by molar-refractivity contribution is 0.0270. The summed E-state index contributed by atoms with van der Waals surface area (Å²) in [5.41, 5.74) is 6.89. The molecule has 0 spiro atoms. The number of carbonyl (C=O) groups excluding carboxylic acids is 1. The number of nitrogens with zero attached hydrogens (tertiary/aromatic N) is 1. The molecule has 0 fully saturated rings. The molecule has 1 aromatic rings. The molecule has 0 aliphatic carbocycles. The highest BCUT2D eigenvalue weighted by Crippen LogP contribution is 2.26. The summed E-state index contributed by atoms with van der Waals surface area (Å²) in [4.78, 5) is 13.6. The van der Waals surface area contributed by atoms with Gasteiger partial charge in [-0.15, -0.1) is 0 Å². The summed E-state index contributed by atoms with van der Waals surface area (Å²) in [7, 11) is 0. The van der Waals surface area contributed by atoms with Crippen LogP contribution in [0.25, 0.3) is 5.57 Å². The van der Waals surface area contributed by atoms with E-state index in [0.29, 0.717) is 30.8 Å². The molecule has 1 aliphatic heterocycles. The fourth-order valence-corrected chi connectivity index (χ4v) is 2.20. The van der Waals surface area contributed by atoms with E-state index in [0.717, 1.165) is 5.57 Å². The normalized spacial score (nSPS) is 15.6. The van der Waals surface area contributed by atoms with Crippen LogP contribution in [0.2, 0.25) is 0 Å². The Kier molecular flexibility index (Phi) is 4.21. The monoisotopic (exact) mass is 292 g/mol. The highest BCUT2D eigenvalue weighted by atomic mass is 19.1. The molecule has 0 atom stereocenters. The molecular weight excluding hydrogens is 271 g/mol. The van der Waals surface area contributed by atoms with Gasteiger partial charge in [0.1, 0.15) is 11.4 Å². The maximum atomic E-state index is 13.9. The van der Waals surface area contributed by atoms with Crippen molar-refractivity contribution in [2.45, 2.75) is 32.8 Å². The fraction of sp³-hybridized carbons (Fsp3) is 0.438. The fourth-order valence-electron chi connectivity index (χ4n) is 2.20. The minimum absolute atomic E-state index is 0.327. The van der Waals surface area contributed by atoms with Crippen LogP contribution in [0.15, 0.2) is 24.3 Å². The van der Waals surface area contributed by atoms with Gasteiger partial charge in [-0.2, -0.15) is 0 Å². The second kappa shape index (κ2) is 5.76. The first-order valence-electron chi connectivity index (χ1n) is 6.98. The Morgan fingerprint density at radius 1 is 1.38 bits per heavy atom. The van der Waals surface area contributed by atoms with Crippen molar-refractivity contribution >= 4 is 17.4 Å². The minimum Gasteiger partial charge on any atom is -0.444 e. The van der Waals surface area contributed by atoms with E-state index in [2.05, 4.69) is 0 Å². The van der Waals surface area contributed by atoms with Crippen molar-refractivity contribution in [2.24, 2.45) is 0 Å². The van der Waals surface area contributed by atoms with E-state index >= 15 is 0 Å². The molecule has 0 unspecified atom stereocenters. The van der Waals surface area contributed by atoms with Crippen molar-refractivity contribution in [1.82, 2.24) is 4.90 Å². The van der Waals surface area contributed by atoms with Crippen molar-refractivity contribution in [3.05, 3.63) is 35.7 Å². The van der Waals surface area contributed by atoms with Crippen LogP contribution >= 0.6 is 0 Å². The van der Waals surface area contributed by atoms with Gasteiger partial charge in [0.05, 0.1) is 0 Å². The predicted molar refractivity (Wildman–Crippen MR) is 81.2 cm³/mol. The number of hydrogen-bond acceptors (Lipinski definition) is 3. The maximum absolute atomic E-state index is 13.9. The second-order valence-electron chi connectivity index (χ2n) is 6.15. The molecule has 0 radical (unpaired) electrons. The first kappa shape index (κ1) is 15.4. The Morgan fingerprint density at radius 3 is 2.62 bits per heavy atom. The van der Waals surface area contributed by atoms with Gasteiger partial charge in [0.25, 0.3) is 0 Å². The highest BCUT2D eigenvalue weighted by molar-refractivity contribution is 5.73. The van der Waals surface area contributed by atoms with Gasteiger partial charge >= 0.3 is 6.09 Å². The standard InChI is InChI=1S/C16H21FN2O2/c1-16(2,3)21-15(20)19-8-6-11(7-9-19)13-5-4-12(18)10-14(13)17/h4-6,10H,7-9,18H2,1-3H3. The van der Waals surface area contributed by atoms with Crippen LogP contribution in [0.4, 0.5) is 14.9 Å². The van der Waals surface area contributed by atoms with E-state index in [1.54, 1.807) is 17.0 Å². The molecule has 1 amide bonds. The van der Waals surface area contributed by atoms with Crippen LogP contribution in [0, 0.1) is 5.82 Å². The quantitative estimate of drug-likeness (QED) is 0.807. The number of halogens is 1. The zero-order chi connectivity index (χ0) is 15.6. The molecule has 0 saturated heterocycles. The van der Waals surface area contributed by atoms with Crippen molar-refractivity contribution < 1.29 is 13.9 Å². The van der Waals surface area contributed by atoms with Crippen LogP contribution in [-0.4, -0.2) is 29.7 Å². The average molecular weight is 292 g/mol. The molecule has 114 valence electrons. The van der Waals surface area contributed by atoms with E-state index in [1.807, 2.05) is 26.8 Å². The largest absolute Gasteiger partial charge is 0.444 e. The van der Waals surface area contributed by atoms with Gasteiger partial charge in [-0.05, 0) is 51.0 Å². The predicted octanol–water partition coefficient (Wildman–Crippen LogP) is 3.43. The second-order valence-corrected chi connectivity index (χ2v) is 6.15. The summed E-state index contributed by atoms with van der Waals surface area (Å²) in [6.07, 6.45) is 2.12. The lowest BCUT2D eigenvalue weighted by Gasteiger charge is -2.29. The van der Waals surface area contributed by atoms with Gasteiger partial charge in [-0.3, -0.25) is 0 Å². The molecule has 2 N–H and O–H groups in total. The van der Waals surface area contributed by atoms with Gasteiger partial charge in [0.15, 0.2) is 0 Å². The summed E-state index contributed by atoms with van der Waals surface area (Å²) in [5, 5.41) is 0. The molecule has 0 bridgehead atoms. The number of carbonyl (C=O) groups is 1.